The molecule has 0 saturated carbocycles. The van der Waals surface area contributed by atoms with Crippen LogP contribution in [0.3, 0.4) is 0 Å². The first-order chi connectivity index (χ1) is 9.22. The molecule has 96 valence electrons. The summed E-state index contributed by atoms with van der Waals surface area (Å²) in [5, 5.41) is 7.56. The van der Waals surface area contributed by atoms with Crippen molar-refractivity contribution < 1.29 is 4.39 Å². The highest BCUT2D eigenvalue weighted by Crippen LogP contribution is 2.18. The van der Waals surface area contributed by atoms with Crippen LogP contribution in [0.2, 0.25) is 0 Å². The van der Waals surface area contributed by atoms with Gasteiger partial charge >= 0.3 is 0 Å². The number of aryl methyl sites for hydroxylation is 1. The number of H-pyrrole nitrogens is 1. The zero-order valence-corrected chi connectivity index (χ0v) is 11.0. The summed E-state index contributed by atoms with van der Waals surface area (Å²) in [4.78, 5) is 7.29. The average Bonchev–Trinajstić information content (AvgIpc) is 2.98. The van der Waals surface area contributed by atoms with E-state index in [1.165, 1.54) is 23.5 Å². The SMILES string of the molecule is Cc1csc(NN=Cc2cc(F)cc3cc[nH]c23)n1. The molecule has 3 rings (SSSR count). The van der Waals surface area contributed by atoms with Gasteiger partial charge in [-0.25, -0.2) is 9.37 Å². The van der Waals surface area contributed by atoms with Crippen LogP contribution in [0.15, 0.2) is 34.9 Å². The van der Waals surface area contributed by atoms with Crippen molar-refractivity contribution in [3.63, 3.8) is 0 Å². The predicted molar refractivity (Wildman–Crippen MR) is 76.3 cm³/mol. The Hall–Kier alpha value is -2.21. The number of fused-ring (bicyclic) bond motifs is 1. The largest absolute Gasteiger partial charge is 0.361 e. The molecule has 0 aliphatic heterocycles. The number of hydrogen-bond donors (Lipinski definition) is 2. The molecule has 0 unspecified atom stereocenters. The van der Waals surface area contributed by atoms with Gasteiger partial charge < -0.3 is 4.98 Å². The van der Waals surface area contributed by atoms with Crippen LogP contribution in [0.1, 0.15) is 11.3 Å². The minimum atomic E-state index is -0.279. The van der Waals surface area contributed by atoms with Crippen molar-refractivity contribution in [2.75, 3.05) is 5.43 Å². The van der Waals surface area contributed by atoms with Crippen molar-refractivity contribution in [3.05, 3.63) is 46.9 Å². The number of halogens is 1. The fraction of sp³-hybridized carbons (Fsp3) is 0.0769. The molecule has 0 saturated heterocycles. The van der Waals surface area contributed by atoms with E-state index in [1.807, 2.05) is 18.4 Å². The van der Waals surface area contributed by atoms with Crippen LogP contribution < -0.4 is 5.43 Å². The molecule has 0 amide bonds. The zero-order chi connectivity index (χ0) is 13.2. The Labute approximate surface area is 113 Å². The van der Waals surface area contributed by atoms with E-state index >= 15 is 0 Å². The molecule has 0 bridgehead atoms. The molecule has 0 atom stereocenters. The maximum atomic E-state index is 13.4. The maximum absolute atomic E-state index is 13.4. The summed E-state index contributed by atoms with van der Waals surface area (Å²) in [5.74, 6) is -0.279. The molecular formula is C13H11FN4S. The summed E-state index contributed by atoms with van der Waals surface area (Å²) < 4.78 is 13.4. The van der Waals surface area contributed by atoms with E-state index in [-0.39, 0.29) is 5.82 Å². The minimum absolute atomic E-state index is 0.279. The van der Waals surface area contributed by atoms with E-state index in [0.29, 0.717) is 10.7 Å². The molecule has 0 fully saturated rings. The number of rotatable bonds is 3. The highest BCUT2D eigenvalue weighted by Gasteiger charge is 2.03. The topological polar surface area (TPSA) is 53.1 Å². The number of hydrazone groups is 1. The van der Waals surface area contributed by atoms with Gasteiger partial charge in [-0.05, 0) is 25.1 Å². The zero-order valence-electron chi connectivity index (χ0n) is 10.1. The van der Waals surface area contributed by atoms with Gasteiger partial charge in [0.15, 0.2) is 0 Å². The molecule has 2 heterocycles. The van der Waals surface area contributed by atoms with Gasteiger partial charge in [0.1, 0.15) is 5.82 Å². The molecule has 6 heteroatoms. The second kappa shape index (κ2) is 4.81. The molecule has 1 aromatic carbocycles. The van der Waals surface area contributed by atoms with Gasteiger partial charge in [0.25, 0.3) is 0 Å². The highest BCUT2D eigenvalue weighted by molar-refractivity contribution is 7.13. The molecule has 3 aromatic rings. The van der Waals surface area contributed by atoms with Crippen LogP contribution in [0, 0.1) is 12.7 Å². The molecule has 0 spiro atoms. The fourth-order valence-corrected chi connectivity index (χ4v) is 2.46. The monoisotopic (exact) mass is 274 g/mol. The van der Waals surface area contributed by atoms with Gasteiger partial charge in [-0.3, -0.25) is 5.43 Å². The van der Waals surface area contributed by atoms with Gasteiger partial charge in [0, 0.05) is 22.5 Å². The Bertz CT molecular complexity index is 744. The Morgan fingerprint density at radius 2 is 2.37 bits per heavy atom. The first kappa shape index (κ1) is 11.9. The summed E-state index contributed by atoms with van der Waals surface area (Å²) >= 11 is 1.48. The maximum Gasteiger partial charge on any atom is 0.203 e. The van der Waals surface area contributed by atoms with Gasteiger partial charge in [0.2, 0.25) is 5.13 Å². The van der Waals surface area contributed by atoms with Crippen LogP contribution in [-0.4, -0.2) is 16.2 Å². The van der Waals surface area contributed by atoms with E-state index < -0.39 is 0 Å². The second-order valence-electron chi connectivity index (χ2n) is 4.10. The first-order valence-corrected chi connectivity index (χ1v) is 6.58. The summed E-state index contributed by atoms with van der Waals surface area (Å²) in [6.07, 6.45) is 3.36. The fourth-order valence-electron chi connectivity index (χ4n) is 1.83. The number of nitrogens with zero attached hydrogens (tertiary/aromatic N) is 2. The van der Waals surface area contributed by atoms with Crippen molar-refractivity contribution in [3.8, 4) is 0 Å². The third kappa shape index (κ3) is 2.48. The van der Waals surface area contributed by atoms with E-state index in [4.69, 9.17) is 0 Å². The Balaban J connectivity index is 1.86. The van der Waals surface area contributed by atoms with Gasteiger partial charge in [-0.2, -0.15) is 5.10 Å². The lowest BCUT2D eigenvalue weighted by atomic mass is 10.1. The standard InChI is InChI=1S/C13H11FN4S/c1-8-7-19-13(17-8)18-16-6-10-5-11(14)4-9-2-3-15-12(9)10/h2-7,15H,1H3,(H,17,18). The second-order valence-corrected chi connectivity index (χ2v) is 4.96. The lowest BCUT2D eigenvalue weighted by molar-refractivity contribution is 0.629. The number of aromatic amines is 1. The van der Waals surface area contributed by atoms with Crippen molar-refractivity contribution in [2.45, 2.75) is 6.92 Å². The van der Waals surface area contributed by atoms with Crippen molar-refractivity contribution in [1.82, 2.24) is 9.97 Å². The van der Waals surface area contributed by atoms with Gasteiger partial charge in [0.05, 0.1) is 17.4 Å². The molecule has 0 radical (unpaired) electrons. The Morgan fingerprint density at radius 3 is 3.16 bits per heavy atom. The van der Waals surface area contributed by atoms with Crippen LogP contribution >= 0.6 is 11.3 Å². The predicted octanol–water partition coefficient (Wildman–Crippen LogP) is 3.52. The summed E-state index contributed by atoms with van der Waals surface area (Å²) in [6, 6.07) is 4.76. The quantitative estimate of drug-likeness (QED) is 0.567. The van der Waals surface area contributed by atoms with E-state index in [1.54, 1.807) is 12.4 Å². The lowest BCUT2D eigenvalue weighted by Crippen LogP contribution is -1.92. The molecule has 19 heavy (non-hydrogen) atoms. The van der Waals surface area contributed by atoms with Gasteiger partial charge in [-0.1, -0.05) is 0 Å². The Kier molecular flexibility index (Phi) is 3.00. The van der Waals surface area contributed by atoms with E-state index in [0.717, 1.165) is 16.6 Å². The third-order valence-electron chi connectivity index (χ3n) is 2.64. The van der Waals surface area contributed by atoms with Crippen molar-refractivity contribution in [1.29, 1.82) is 0 Å². The number of anilines is 1. The summed E-state index contributed by atoms with van der Waals surface area (Å²) in [5.41, 5.74) is 5.33. The number of hydrogen-bond acceptors (Lipinski definition) is 4. The minimum Gasteiger partial charge on any atom is -0.361 e. The molecule has 0 aliphatic carbocycles. The number of benzene rings is 1. The molecular weight excluding hydrogens is 263 g/mol. The summed E-state index contributed by atoms with van der Waals surface area (Å²) in [6.45, 7) is 1.92. The smallest absolute Gasteiger partial charge is 0.203 e. The number of aromatic nitrogens is 2. The lowest BCUT2D eigenvalue weighted by Gasteiger charge is -1.98. The molecule has 4 nitrogen and oxygen atoms in total. The van der Waals surface area contributed by atoms with E-state index in [2.05, 4.69) is 20.5 Å². The summed E-state index contributed by atoms with van der Waals surface area (Å²) in [7, 11) is 0. The van der Waals surface area contributed by atoms with Crippen LogP contribution in [-0.2, 0) is 0 Å². The molecule has 0 aliphatic rings. The Morgan fingerprint density at radius 1 is 1.47 bits per heavy atom. The van der Waals surface area contributed by atoms with Crippen molar-refractivity contribution in [2.24, 2.45) is 5.10 Å². The van der Waals surface area contributed by atoms with Crippen LogP contribution in [0.4, 0.5) is 9.52 Å². The number of thiazole rings is 1. The highest BCUT2D eigenvalue weighted by atomic mass is 32.1. The van der Waals surface area contributed by atoms with Gasteiger partial charge in [-0.15, -0.1) is 11.3 Å². The molecule has 2 N–H and O–H groups in total. The van der Waals surface area contributed by atoms with Crippen LogP contribution in [0.25, 0.3) is 10.9 Å². The molecule has 2 aromatic heterocycles. The normalized spacial score (nSPS) is 11.5. The first-order valence-electron chi connectivity index (χ1n) is 5.70. The third-order valence-corrected chi connectivity index (χ3v) is 3.50. The average molecular weight is 274 g/mol. The van der Waals surface area contributed by atoms with Crippen molar-refractivity contribution >= 4 is 33.6 Å². The van der Waals surface area contributed by atoms with E-state index in [9.17, 15) is 4.39 Å². The van der Waals surface area contributed by atoms with Crippen LogP contribution in [0.5, 0.6) is 0 Å². The number of nitrogens with one attached hydrogen (secondary N) is 2.